The summed E-state index contributed by atoms with van der Waals surface area (Å²) in [4.78, 5) is 4.38. The van der Waals surface area contributed by atoms with E-state index in [0.29, 0.717) is 5.56 Å². The lowest BCUT2D eigenvalue weighted by molar-refractivity contribution is -0.137. The van der Waals surface area contributed by atoms with Gasteiger partial charge in [0.25, 0.3) is 0 Å². The highest BCUT2D eigenvalue weighted by Crippen LogP contribution is 2.31. The normalized spacial score (nSPS) is 18.9. The second-order valence-electron chi connectivity index (χ2n) is 5.53. The fraction of sp³-hybridized carbons (Fsp3) is 0.562. The van der Waals surface area contributed by atoms with E-state index >= 15 is 0 Å². The van der Waals surface area contributed by atoms with Crippen LogP contribution in [0.4, 0.5) is 13.2 Å². The van der Waals surface area contributed by atoms with E-state index in [0.717, 1.165) is 51.3 Å². The first-order valence-corrected chi connectivity index (χ1v) is 7.49. The Balaban J connectivity index is 2.05. The van der Waals surface area contributed by atoms with Crippen molar-refractivity contribution in [2.75, 3.05) is 32.7 Å². The summed E-state index contributed by atoms with van der Waals surface area (Å²) in [5.74, 6) is 0. The fourth-order valence-electron chi connectivity index (χ4n) is 2.78. The first kappa shape index (κ1) is 16.8. The second-order valence-corrected chi connectivity index (χ2v) is 5.53. The Morgan fingerprint density at radius 1 is 1.14 bits per heavy atom. The quantitative estimate of drug-likeness (QED) is 0.855. The number of alkyl halides is 3. The zero-order chi connectivity index (χ0) is 16.2. The first-order chi connectivity index (χ1) is 10.5. The first-order valence-electron chi connectivity index (χ1n) is 7.49. The van der Waals surface area contributed by atoms with Crippen molar-refractivity contribution in [1.82, 2.24) is 9.80 Å². The number of rotatable bonds is 4. The van der Waals surface area contributed by atoms with Crippen molar-refractivity contribution in [3.63, 3.8) is 0 Å². The maximum atomic E-state index is 12.6. The molecule has 1 fully saturated rings. The van der Waals surface area contributed by atoms with Gasteiger partial charge in [-0.15, -0.1) is 0 Å². The van der Waals surface area contributed by atoms with Crippen LogP contribution in [0.15, 0.2) is 24.3 Å². The van der Waals surface area contributed by atoms with Gasteiger partial charge in [-0.1, -0.05) is 19.1 Å². The highest BCUT2D eigenvalue weighted by Gasteiger charge is 2.31. The molecular formula is C16H20F3N3. The third-order valence-electron chi connectivity index (χ3n) is 3.99. The van der Waals surface area contributed by atoms with Gasteiger partial charge in [0.2, 0.25) is 0 Å². The molecule has 6 heteroatoms. The number of nitrogens with zero attached hydrogens (tertiary/aromatic N) is 3. The van der Waals surface area contributed by atoms with Crippen molar-refractivity contribution in [2.24, 2.45) is 0 Å². The SMILES string of the molecule is CCCN1CCN(C(C#N)c2ccc(C(F)(F)F)cc2)CC1. The molecule has 22 heavy (non-hydrogen) atoms. The van der Waals surface area contributed by atoms with E-state index in [4.69, 9.17) is 0 Å². The predicted molar refractivity (Wildman–Crippen MR) is 78.1 cm³/mol. The summed E-state index contributed by atoms with van der Waals surface area (Å²) in [7, 11) is 0. The van der Waals surface area contributed by atoms with E-state index in [9.17, 15) is 18.4 Å². The van der Waals surface area contributed by atoms with Crippen LogP contribution in [-0.2, 0) is 6.18 Å². The summed E-state index contributed by atoms with van der Waals surface area (Å²) in [6.45, 7) is 6.50. The van der Waals surface area contributed by atoms with Crippen molar-refractivity contribution in [1.29, 1.82) is 5.26 Å². The molecule has 0 saturated carbocycles. The number of hydrogen-bond acceptors (Lipinski definition) is 3. The van der Waals surface area contributed by atoms with E-state index in [2.05, 4.69) is 17.9 Å². The average Bonchev–Trinajstić information content (AvgIpc) is 2.50. The molecule has 2 rings (SSSR count). The van der Waals surface area contributed by atoms with Gasteiger partial charge in [0.05, 0.1) is 11.6 Å². The zero-order valence-electron chi connectivity index (χ0n) is 12.6. The van der Waals surface area contributed by atoms with E-state index in [1.165, 1.54) is 12.1 Å². The van der Waals surface area contributed by atoms with Crippen LogP contribution in [0, 0.1) is 11.3 Å². The van der Waals surface area contributed by atoms with Gasteiger partial charge in [-0.3, -0.25) is 4.90 Å². The number of hydrogen-bond donors (Lipinski definition) is 0. The van der Waals surface area contributed by atoms with Gasteiger partial charge < -0.3 is 4.90 Å². The van der Waals surface area contributed by atoms with Gasteiger partial charge in [0, 0.05) is 26.2 Å². The van der Waals surface area contributed by atoms with E-state index in [-0.39, 0.29) is 0 Å². The molecule has 0 N–H and O–H groups in total. The van der Waals surface area contributed by atoms with Crippen molar-refractivity contribution in [3.8, 4) is 6.07 Å². The molecule has 0 aromatic heterocycles. The van der Waals surface area contributed by atoms with Gasteiger partial charge >= 0.3 is 6.18 Å². The molecule has 1 saturated heterocycles. The van der Waals surface area contributed by atoms with Crippen LogP contribution >= 0.6 is 0 Å². The molecule has 1 aliphatic rings. The average molecular weight is 311 g/mol. The Bertz CT molecular complexity index is 511. The van der Waals surface area contributed by atoms with Gasteiger partial charge in [0.15, 0.2) is 0 Å². The van der Waals surface area contributed by atoms with Gasteiger partial charge in [-0.25, -0.2) is 0 Å². The van der Waals surface area contributed by atoms with Crippen molar-refractivity contribution >= 4 is 0 Å². The fourth-order valence-corrected chi connectivity index (χ4v) is 2.78. The Hall–Kier alpha value is -1.58. The standard InChI is InChI=1S/C16H20F3N3/c1-2-7-21-8-10-22(11-9-21)15(12-20)13-3-5-14(6-4-13)16(17,18)19/h3-6,15H,2,7-11H2,1H3. The summed E-state index contributed by atoms with van der Waals surface area (Å²) < 4.78 is 37.8. The maximum absolute atomic E-state index is 12.6. The second kappa shape index (κ2) is 7.12. The van der Waals surface area contributed by atoms with Gasteiger partial charge in [-0.05, 0) is 30.7 Å². The molecule has 1 unspecified atom stereocenters. The van der Waals surface area contributed by atoms with Crippen LogP contribution in [-0.4, -0.2) is 42.5 Å². The highest BCUT2D eigenvalue weighted by atomic mass is 19.4. The third kappa shape index (κ3) is 3.99. The highest BCUT2D eigenvalue weighted by molar-refractivity contribution is 5.29. The molecule has 1 heterocycles. The van der Waals surface area contributed by atoms with Crippen molar-refractivity contribution in [3.05, 3.63) is 35.4 Å². The minimum absolute atomic E-state index is 0.480. The Kier molecular flexibility index (Phi) is 5.43. The van der Waals surface area contributed by atoms with Crippen LogP contribution in [0.5, 0.6) is 0 Å². The molecule has 0 amide bonds. The Morgan fingerprint density at radius 2 is 1.73 bits per heavy atom. The lowest BCUT2D eigenvalue weighted by Crippen LogP contribution is -2.47. The number of benzene rings is 1. The molecule has 0 bridgehead atoms. The molecule has 1 aliphatic heterocycles. The molecule has 0 aliphatic carbocycles. The summed E-state index contributed by atoms with van der Waals surface area (Å²) in [5, 5.41) is 9.40. The number of piperazine rings is 1. The van der Waals surface area contributed by atoms with Crippen molar-refractivity contribution < 1.29 is 13.2 Å². The smallest absolute Gasteiger partial charge is 0.301 e. The van der Waals surface area contributed by atoms with Crippen LogP contribution in [0.3, 0.4) is 0 Å². The van der Waals surface area contributed by atoms with E-state index < -0.39 is 17.8 Å². The lowest BCUT2D eigenvalue weighted by Gasteiger charge is -2.36. The number of halogens is 3. The zero-order valence-corrected chi connectivity index (χ0v) is 12.6. The van der Waals surface area contributed by atoms with Crippen LogP contribution < -0.4 is 0 Å². The van der Waals surface area contributed by atoms with Gasteiger partial charge in [-0.2, -0.15) is 18.4 Å². The topological polar surface area (TPSA) is 30.3 Å². The predicted octanol–water partition coefficient (Wildman–Crippen LogP) is 3.30. The molecule has 0 radical (unpaired) electrons. The summed E-state index contributed by atoms with van der Waals surface area (Å²) >= 11 is 0. The molecule has 1 aromatic rings. The van der Waals surface area contributed by atoms with E-state index in [1.54, 1.807) is 0 Å². The van der Waals surface area contributed by atoms with Crippen LogP contribution in [0.1, 0.15) is 30.5 Å². The lowest BCUT2D eigenvalue weighted by atomic mass is 10.0. The largest absolute Gasteiger partial charge is 0.416 e. The number of nitriles is 1. The van der Waals surface area contributed by atoms with Crippen LogP contribution in [0.2, 0.25) is 0 Å². The molecule has 1 atom stereocenters. The van der Waals surface area contributed by atoms with Crippen LogP contribution in [0.25, 0.3) is 0 Å². The molecule has 120 valence electrons. The van der Waals surface area contributed by atoms with Gasteiger partial charge in [0.1, 0.15) is 6.04 Å². The summed E-state index contributed by atoms with van der Waals surface area (Å²) in [6.07, 6.45) is -3.24. The van der Waals surface area contributed by atoms with Crippen molar-refractivity contribution in [2.45, 2.75) is 25.6 Å². The molecular weight excluding hydrogens is 291 g/mol. The molecule has 3 nitrogen and oxygen atoms in total. The van der Waals surface area contributed by atoms with E-state index in [1.807, 2.05) is 4.90 Å². The molecule has 1 aromatic carbocycles. The Labute approximate surface area is 128 Å². The third-order valence-corrected chi connectivity index (χ3v) is 3.99. The summed E-state index contributed by atoms with van der Waals surface area (Å²) in [6, 6.07) is 6.66. The minimum Gasteiger partial charge on any atom is -0.301 e. The Morgan fingerprint density at radius 3 is 2.18 bits per heavy atom. The minimum atomic E-state index is -4.34. The molecule has 0 spiro atoms. The maximum Gasteiger partial charge on any atom is 0.416 e. The monoisotopic (exact) mass is 311 g/mol. The summed E-state index contributed by atoms with van der Waals surface area (Å²) in [5.41, 5.74) is -0.0554.